The van der Waals surface area contributed by atoms with E-state index in [4.69, 9.17) is 20.8 Å². The molecule has 31 heavy (non-hydrogen) atoms. The lowest BCUT2D eigenvalue weighted by Gasteiger charge is -2.23. The van der Waals surface area contributed by atoms with Crippen LogP contribution in [0, 0.1) is 13.8 Å². The van der Waals surface area contributed by atoms with E-state index in [1.165, 1.54) is 18.3 Å². The maximum atomic E-state index is 13.1. The summed E-state index contributed by atoms with van der Waals surface area (Å²) in [5, 5.41) is 11.8. The third-order valence-corrected chi connectivity index (χ3v) is 5.49. The summed E-state index contributed by atoms with van der Waals surface area (Å²) in [6, 6.07) is 12.5. The van der Waals surface area contributed by atoms with E-state index in [-0.39, 0.29) is 11.3 Å². The van der Waals surface area contributed by atoms with Gasteiger partial charge in [0.15, 0.2) is 0 Å². The van der Waals surface area contributed by atoms with Crippen molar-refractivity contribution in [3.05, 3.63) is 87.8 Å². The Balaban J connectivity index is 1.97. The number of anilines is 1. The molecule has 2 aromatic carbocycles. The first kappa shape index (κ1) is 20.8. The van der Waals surface area contributed by atoms with Crippen LogP contribution in [0.1, 0.15) is 28.5 Å². The monoisotopic (exact) mass is 437 g/mol. The zero-order valence-electron chi connectivity index (χ0n) is 17.2. The number of ether oxygens (including phenoxy) is 1. The molecule has 0 aliphatic carbocycles. The van der Waals surface area contributed by atoms with E-state index in [2.05, 4.69) is 0 Å². The Labute approximate surface area is 184 Å². The number of hydrogen-bond donors (Lipinski definition) is 1. The maximum absolute atomic E-state index is 13.1. The molecule has 0 saturated carbocycles. The molecule has 1 amide bonds. The smallest absolute Gasteiger partial charge is 0.300 e. The van der Waals surface area contributed by atoms with Gasteiger partial charge < -0.3 is 14.3 Å². The molecule has 2 heterocycles. The van der Waals surface area contributed by atoms with Crippen LogP contribution in [0.5, 0.6) is 5.75 Å². The third-order valence-electron chi connectivity index (χ3n) is 5.24. The van der Waals surface area contributed by atoms with Crippen molar-refractivity contribution >= 4 is 34.7 Å². The fourth-order valence-electron chi connectivity index (χ4n) is 3.96. The van der Waals surface area contributed by atoms with Gasteiger partial charge in [0.1, 0.15) is 23.3 Å². The van der Waals surface area contributed by atoms with E-state index in [9.17, 15) is 14.7 Å². The highest BCUT2D eigenvalue weighted by atomic mass is 35.5. The van der Waals surface area contributed by atoms with Crippen molar-refractivity contribution in [3.63, 3.8) is 0 Å². The molecule has 1 N–H and O–H groups in total. The van der Waals surface area contributed by atoms with Crippen molar-refractivity contribution in [2.75, 3.05) is 12.0 Å². The first-order valence-corrected chi connectivity index (χ1v) is 9.97. The van der Waals surface area contributed by atoms with E-state index >= 15 is 0 Å². The number of Topliss-reactive ketones (excluding diaryl/α,β-unsaturated/α-hetero) is 1. The van der Waals surface area contributed by atoms with Gasteiger partial charge in [0.25, 0.3) is 11.7 Å². The summed E-state index contributed by atoms with van der Waals surface area (Å²) >= 11 is 5.99. The molecule has 1 aromatic heterocycles. The molecule has 1 atom stereocenters. The molecular formula is C24H20ClNO5. The van der Waals surface area contributed by atoms with Gasteiger partial charge in [-0.15, -0.1) is 0 Å². The van der Waals surface area contributed by atoms with E-state index in [1.54, 1.807) is 42.5 Å². The molecule has 1 fully saturated rings. The van der Waals surface area contributed by atoms with Crippen LogP contribution in [-0.4, -0.2) is 23.9 Å². The fraction of sp³-hybridized carbons (Fsp3) is 0.167. The number of hydrogen-bond acceptors (Lipinski definition) is 5. The van der Waals surface area contributed by atoms with Gasteiger partial charge >= 0.3 is 0 Å². The summed E-state index contributed by atoms with van der Waals surface area (Å²) in [5.41, 5.74) is 2.40. The predicted molar refractivity (Wildman–Crippen MR) is 117 cm³/mol. The van der Waals surface area contributed by atoms with Gasteiger partial charge in [-0.05, 0) is 67.4 Å². The van der Waals surface area contributed by atoms with E-state index in [1.807, 2.05) is 19.9 Å². The number of methoxy groups -OCH3 is 1. The van der Waals surface area contributed by atoms with Gasteiger partial charge in [0.2, 0.25) is 0 Å². The quantitative estimate of drug-likeness (QED) is 0.345. The molecule has 7 heteroatoms. The molecule has 1 unspecified atom stereocenters. The van der Waals surface area contributed by atoms with Gasteiger partial charge in [-0.1, -0.05) is 17.7 Å². The molecule has 0 bridgehead atoms. The Kier molecular flexibility index (Phi) is 5.33. The molecule has 6 nitrogen and oxygen atoms in total. The number of carbonyl (C=O) groups excluding carboxylic acids is 2. The topological polar surface area (TPSA) is 80.0 Å². The minimum atomic E-state index is -0.943. The number of aliphatic hydroxyl groups is 1. The van der Waals surface area contributed by atoms with Crippen LogP contribution in [0.4, 0.5) is 5.69 Å². The summed E-state index contributed by atoms with van der Waals surface area (Å²) < 4.78 is 11.0. The fourth-order valence-corrected chi connectivity index (χ4v) is 4.09. The largest absolute Gasteiger partial charge is 0.507 e. The van der Waals surface area contributed by atoms with E-state index in [0.717, 1.165) is 11.1 Å². The van der Waals surface area contributed by atoms with Crippen molar-refractivity contribution in [2.45, 2.75) is 19.9 Å². The molecule has 1 saturated heterocycles. The normalized spacial score (nSPS) is 17.9. The minimum Gasteiger partial charge on any atom is -0.507 e. The average molecular weight is 438 g/mol. The Morgan fingerprint density at radius 2 is 1.84 bits per heavy atom. The summed E-state index contributed by atoms with van der Waals surface area (Å²) in [6.45, 7) is 3.72. The molecule has 1 aliphatic rings. The molecule has 0 radical (unpaired) electrons. The summed E-state index contributed by atoms with van der Waals surface area (Å²) in [7, 11) is 1.49. The lowest BCUT2D eigenvalue weighted by Crippen LogP contribution is -2.29. The summed E-state index contributed by atoms with van der Waals surface area (Å²) in [6.07, 6.45) is 1.45. The lowest BCUT2D eigenvalue weighted by atomic mass is 9.96. The summed E-state index contributed by atoms with van der Waals surface area (Å²) in [5.74, 6) is -1.12. The predicted octanol–water partition coefficient (Wildman–Crippen LogP) is 5.18. The average Bonchev–Trinajstić information content (AvgIpc) is 3.35. The van der Waals surface area contributed by atoms with Crippen LogP contribution in [0.2, 0.25) is 5.02 Å². The van der Waals surface area contributed by atoms with Crippen LogP contribution in [0.3, 0.4) is 0 Å². The van der Waals surface area contributed by atoms with Crippen molar-refractivity contribution in [1.82, 2.24) is 0 Å². The third kappa shape index (κ3) is 3.49. The maximum Gasteiger partial charge on any atom is 0.300 e. The SMILES string of the molecule is COc1c(C)cc(C)cc1/C(O)=C1/C(=O)C(=O)N(c2ccc(Cl)cc2)C1c1ccco1. The Bertz CT molecular complexity index is 1200. The Morgan fingerprint density at radius 3 is 2.45 bits per heavy atom. The van der Waals surface area contributed by atoms with Crippen LogP contribution < -0.4 is 9.64 Å². The number of rotatable bonds is 4. The second-order valence-electron chi connectivity index (χ2n) is 7.32. The zero-order chi connectivity index (χ0) is 22.3. The molecule has 3 aromatic rings. The Morgan fingerprint density at radius 1 is 1.13 bits per heavy atom. The first-order chi connectivity index (χ1) is 14.8. The molecule has 158 valence electrons. The number of aliphatic hydroxyl groups excluding tert-OH is 1. The highest BCUT2D eigenvalue weighted by molar-refractivity contribution is 6.51. The summed E-state index contributed by atoms with van der Waals surface area (Å²) in [4.78, 5) is 27.5. The van der Waals surface area contributed by atoms with E-state index in [0.29, 0.717) is 27.8 Å². The lowest BCUT2D eigenvalue weighted by molar-refractivity contribution is -0.132. The van der Waals surface area contributed by atoms with Gasteiger partial charge in [-0.25, -0.2) is 0 Å². The van der Waals surface area contributed by atoms with Crippen molar-refractivity contribution in [2.24, 2.45) is 0 Å². The van der Waals surface area contributed by atoms with Crippen molar-refractivity contribution in [3.8, 4) is 5.75 Å². The number of carbonyl (C=O) groups is 2. The minimum absolute atomic E-state index is 0.0711. The zero-order valence-corrected chi connectivity index (χ0v) is 17.9. The molecular weight excluding hydrogens is 418 g/mol. The van der Waals surface area contributed by atoms with Crippen molar-refractivity contribution < 1.29 is 23.8 Å². The highest BCUT2D eigenvalue weighted by Crippen LogP contribution is 2.44. The second kappa shape index (κ2) is 7.96. The van der Waals surface area contributed by atoms with Crippen LogP contribution in [0.25, 0.3) is 5.76 Å². The van der Waals surface area contributed by atoms with Crippen LogP contribution in [0.15, 0.2) is 64.8 Å². The Hall–Kier alpha value is -3.51. The van der Waals surface area contributed by atoms with Gasteiger partial charge in [-0.2, -0.15) is 0 Å². The molecule has 4 rings (SSSR count). The van der Waals surface area contributed by atoms with Gasteiger partial charge in [-0.3, -0.25) is 14.5 Å². The number of benzene rings is 2. The van der Waals surface area contributed by atoms with E-state index < -0.39 is 17.7 Å². The number of aryl methyl sites for hydroxylation is 2. The van der Waals surface area contributed by atoms with Crippen LogP contribution in [-0.2, 0) is 9.59 Å². The number of halogens is 1. The van der Waals surface area contributed by atoms with Gasteiger partial charge in [0.05, 0.1) is 24.5 Å². The first-order valence-electron chi connectivity index (χ1n) is 9.59. The number of nitrogens with zero attached hydrogens (tertiary/aromatic N) is 1. The van der Waals surface area contributed by atoms with Crippen molar-refractivity contribution in [1.29, 1.82) is 0 Å². The molecule has 1 aliphatic heterocycles. The number of amides is 1. The van der Waals surface area contributed by atoms with Crippen LogP contribution >= 0.6 is 11.6 Å². The number of ketones is 1. The highest BCUT2D eigenvalue weighted by Gasteiger charge is 2.48. The second-order valence-corrected chi connectivity index (χ2v) is 7.76. The standard InChI is InChI=1S/C24H20ClNO5/c1-13-11-14(2)23(30-3)17(12-13)21(27)19-20(18-5-4-10-31-18)26(24(29)22(19)28)16-8-6-15(25)7-9-16/h4-12,20,27H,1-3H3/b21-19-. The van der Waals surface area contributed by atoms with Gasteiger partial charge in [0, 0.05) is 10.7 Å². The number of furan rings is 1. The molecule has 0 spiro atoms.